The third-order valence-corrected chi connectivity index (χ3v) is 3.60. The molecule has 0 aromatic carbocycles. The van der Waals surface area contributed by atoms with E-state index in [1.807, 2.05) is 24.7 Å². The largest absolute Gasteiger partial charge is 0.335 e. The van der Waals surface area contributed by atoms with Gasteiger partial charge in [-0.25, -0.2) is 9.97 Å². The second-order valence-corrected chi connectivity index (χ2v) is 4.80. The number of aldehydes is 1. The number of nitrogens with zero attached hydrogens (tertiary/aromatic N) is 3. The van der Waals surface area contributed by atoms with Crippen molar-refractivity contribution in [3.63, 3.8) is 0 Å². The number of aryl methyl sites for hydroxylation is 2. The van der Waals surface area contributed by atoms with Gasteiger partial charge in [0, 0.05) is 24.7 Å². The second kappa shape index (κ2) is 3.65. The highest BCUT2D eigenvalue weighted by molar-refractivity contribution is 5.97. The molecule has 0 bridgehead atoms. The Morgan fingerprint density at radius 2 is 2.18 bits per heavy atom. The van der Waals surface area contributed by atoms with Crippen molar-refractivity contribution in [1.29, 1.82) is 0 Å². The maximum absolute atomic E-state index is 11.1. The van der Waals surface area contributed by atoms with E-state index < -0.39 is 0 Å². The topological polar surface area (TPSA) is 47.8 Å². The number of carbonyl (C=O) groups excluding carboxylic acids is 1. The molecular weight excluding hydrogens is 214 g/mol. The predicted molar refractivity (Wildman–Crippen MR) is 65.2 cm³/mol. The van der Waals surface area contributed by atoms with Gasteiger partial charge < -0.3 is 4.57 Å². The molecule has 2 heterocycles. The van der Waals surface area contributed by atoms with Gasteiger partial charge in [0.15, 0.2) is 6.29 Å². The van der Waals surface area contributed by atoms with Gasteiger partial charge in [-0.05, 0) is 19.8 Å². The fourth-order valence-electron chi connectivity index (χ4n) is 2.51. The Kier molecular flexibility index (Phi) is 2.24. The quantitative estimate of drug-likeness (QED) is 0.743. The lowest BCUT2D eigenvalue weighted by atomic mass is 9.81. The zero-order valence-electron chi connectivity index (χ0n) is 10.1. The zero-order chi connectivity index (χ0) is 12.0. The zero-order valence-corrected chi connectivity index (χ0v) is 10.1. The smallest absolute Gasteiger partial charge is 0.152 e. The lowest BCUT2D eigenvalue weighted by Gasteiger charge is -2.25. The third kappa shape index (κ3) is 1.47. The first-order valence-corrected chi connectivity index (χ1v) is 5.99. The van der Waals surface area contributed by atoms with Crippen molar-refractivity contribution in [3.05, 3.63) is 23.3 Å². The standard InChI is InChI=1S/C13H15N3O/c1-8-14-12(9-4-3-5-9)11-10(7-17)6-16(2)13(11)15-8/h6-7,9H,3-5H2,1-2H3. The highest BCUT2D eigenvalue weighted by Crippen LogP contribution is 2.39. The lowest BCUT2D eigenvalue weighted by molar-refractivity contribution is 0.112. The molecule has 0 atom stereocenters. The van der Waals surface area contributed by atoms with Crippen molar-refractivity contribution in [2.24, 2.45) is 7.05 Å². The van der Waals surface area contributed by atoms with Crippen LogP contribution in [-0.2, 0) is 7.05 Å². The fourth-order valence-corrected chi connectivity index (χ4v) is 2.51. The Labute approximate surface area is 99.7 Å². The first-order chi connectivity index (χ1) is 8.20. The van der Waals surface area contributed by atoms with Gasteiger partial charge >= 0.3 is 0 Å². The van der Waals surface area contributed by atoms with Gasteiger partial charge in [0.05, 0.1) is 11.1 Å². The third-order valence-electron chi connectivity index (χ3n) is 3.60. The summed E-state index contributed by atoms with van der Waals surface area (Å²) in [6, 6.07) is 0. The van der Waals surface area contributed by atoms with Gasteiger partial charge in [-0.15, -0.1) is 0 Å². The Balaban J connectivity index is 2.34. The highest BCUT2D eigenvalue weighted by atomic mass is 16.1. The van der Waals surface area contributed by atoms with Crippen LogP contribution in [-0.4, -0.2) is 20.8 Å². The van der Waals surface area contributed by atoms with Crippen LogP contribution in [0.15, 0.2) is 6.20 Å². The number of carbonyl (C=O) groups is 1. The van der Waals surface area contributed by atoms with E-state index in [-0.39, 0.29) is 0 Å². The van der Waals surface area contributed by atoms with Crippen LogP contribution in [0.2, 0.25) is 0 Å². The molecule has 4 nitrogen and oxygen atoms in total. The maximum atomic E-state index is 11.1. The molecule has 0 unspecified atom stereocenters. The molecule has 1 aliphatic rings. The van der Waals surface area contributed by atoms with E-state index in [1.54, 1.807) is 0 Å². The van der Waals surface area contributed by atoms with Crippen LogP contribution in [0.4, 0.5) is 0 Å². The summed E-state index contributed by atoms with van der Waals surface area (Å²) >= 11 is 0. The predicted octanol–water partition coefficient (Wildman–Crippen LogP) is 2.36. The minimum Gasteiger partial charge on any atom is -0.335 e. The van der Waals surface area contributed by atoms with Crippen molar-refractivity contribution in [1.82, 2.24) is 14.5 Å². The number of hydrogen-bond acceptors (Lipinski definition) is 3. The minimum atomic E-state index is 0.514. The van der Waals surface area contributed by atoms with Crippen molar-refractivity contribution in [2.75, 3.05) is 0 Å². The van der Waals surface area contributed by atoms with E-state index in [0.717, 1.165) is 28.8 Å². The monoisotopic (exact) mass is 229 g/mol. The number of rotatable bonds is 2. The van der Waals surface area contributed by atoms with Gasteiger partial charge in [-0.2, -0.15) is 0 Å². The van der Waals surface area contributed by atoms with E-state index in [2.05, 4.69) is 9.97 Å². The van der Waals surface area contributed by atoms with Gasteiger partial charge in [0.25, 0.3) is 0 Å². The van der Waals surface area contributed by atoms with E-state index in [4.69, 9.17) is 0 Å². The molecule has 0 N–H and O–H groups in total. The molecule has 17 heavy (non-hydrogen) atoms. The van der Waals surface area contributed by atoms with Gasteiger partial charge in [-0.3, -0.25) is 4.79 Å². The summed E-state index contributed by atoms with van der Waals surface area (Å²) in [7, 11) is 1.92. The van der Waals surface area contributed by atoms with E-state index in [9.17, 15) is 4.79 Å². The van der Waals surface area contributed by atoms with Crippen molar-refractivity contribution >= 4 is 17.3 Å². The van der Waals surface area contributed by atoms with Crippen molar-refractivity contribution in [3.8, 4) is 0 Å². The van der Waals surface area contributed by atoms with Crippen LogP contribution in [0, 0.1) is 6.92 Å². The summed E-state index contributed by atoms with van der Waals surface area (Å²) < 4.78 is 1.91. The average molecular weight is 229 g/mol. The number of fused-ring (bicyclic) bond motifs is 1. The first-order valence-electron chi connectivity index (χ1n) is 5.99. The maximum Gasteiger partial charge on any atom is 0.152 e. The molecule has 4 heteroatoms. The summed E-state index contributed by atoms with van der Waals surface area (Å²) in [5.74, 6) is 1.30. The summed E-state index contributed by atoms with van der Waals surface area (Å²) in [5, 5.41) is 0.956. The van der Waals surface area contributed by atoms with Crippen LogP contribution >= 0.6 is 0 Å². The van der Waals surface area contributed by atoms with E-state index in [0.29, 0.717) is 11.5 Å². The van der Waals surface area contributed by atoms with Crippen LogP contribution in [0.1, 0.15) is 47.1 Å². The molecule has 88 valence electrons. The summed E-state index contributed by atoms with van der Waals surface area (Å²) in [6.45, 7) is 1.91. The molecule has 3 rings (SSSR count). The Morgan fingerprint density at radius 1 is 1.41 bits per heavy atom. The fraction of sp³-hybridized carbons (Fsp3) is 0.462. The van der Waals surface area contributed by atoms with E-state index >= 15 is 0 Å². The molecule has 1 saturated carbocycles. The molecule has 1 aliphatic carbocycles. The average Bonchev–Trinajstić information content (AvgIpc) is 2.53. The summed E-state index contributed by atoms with van der Waals surface area (Å²) in [4.78, 5) is 20.1. The molecule has 0 amide bonds. The Morgan fingerprint density at radius 3 is 2.76 bits per heavy atom. The highest BCUT2D eigenvalue weighted by Gasteiger charge is 2.26. The Hall–Kier alpha value is -1.71. The van der Waals surface area contributed by atoms with Crippen LogP contribution < -0.4 is 0 Å². The molecule has 0 aliphatic heterocycles. The first kappa shape index (κ1) is 10.4. The van der Waals surface area contributed by atoms with Crippen molar-refractivity contribution < 1.29 is 4.79 Å². The van der Waals surface area contributed by atoms with Gasteiger partial charge in [-0.1, -0.05) is 6.42 Å². The Bertz CT molecular complexity index is 596. The normalized spacial score (nSPS) is 16.1. The van der Waals surface area contributed by atoms with Crippen LogP contribution in [0.5, 0.6) is 0 Å². The van der Waals surface area contributed by atoms with E-state index in [1.165, 1.54) is 19.3 Å². The molecule has 1 fully saturated rings. The van der Waals surface area contributed by atoms with Crippen LogP contribution in [0.3, 0.4) is 0 Å². The number of aromatic nitrogens is 3. The molecule has 2 aromatic rings. The molecule has 2 aromatic heterocycles. The summed E-state index contributed by atoms with van der Waals surface area (Å²) in [6.07, 6.45) is 6.37. The molecule has 0 spiro atoms. The SMILES string of the molecule is Cc1nc(C2CCC2)c2c(C=O)cn(C)c2n1. The minimum absolute atomic E-state index is 0.514. The molecular formula is C13H15N3O. The molecule has 0 saturated heterocycles. The van der Waals surface area contributed by atoms with Gasteiger partial charge in [0.2, 0.25) is 0 Å². The lowest BCUT2D eigenvalue weighted by Crippen LogP contribution is -2.13. The number of hydrogen-bond donors (Lipinski definition) is 0. The second-order valence-electron chi connectivity index (χ2n) is 4.80. The van der Waals surface area contributed by atoms with Crippen molar-refractivity contribution in [2.45, 2.75) is 32.1 Å². The summed E-state index contributed by atoms with van der Waals surface area (Å²) in [5.41, 5.74) is 2.66. The molecule has 0 radical (unpaired) electrons. The van der Waals surface area contributed by atoms with Gasteiger partial charge in [0.1, 0.15) is 11.5 Å². The van der Waals surface area contributed by atoms with Crippen LogP contribution in [0.25, 0.3) is 11.0 Å².